The Morgan fingerprint density at radius 2 is 0.897 bits per heavy atom. The first-order valence-corrected chi connectivity index (χ1v) is 8.99. The molecule has 2 aromatic carbocycles. The number of benzene rings is 2. The molecule has 0 spiro atoms. The highest BCUT2D eigenvalue weighted by molar-refractivity contribution is 6.39. The number of hydrogen-bond donors (Lipinski definition) is 0. The zero-order valence-corrected chi connectivity index (χ0v) is 16.9. The summed E-state index contributed by atoms with van der Waals surface area (Å²) in [6.45, 7) is 0. The van der Waals surface area contributed by atoms with Crippen molar-refractivity contribution >= 4 is 69.2 Å². The molecule has 29 heavy (non-hydrogen) atoms. The predicted molar refractivity (Wildman–Crippen MR) is 104 cm³/mol. The van der Waals surface area contributed by atoms with Crippen LogP contribution in [-0.2, 0) is 0 Å². The minimum atomic E-state index is -5.22. The van der Waals surface area contributed by atoms with Crippen LogP contribution in [0.1, 0.15) is 6.42 Å². The van der Waals surface area contributed by atoms with E-state index in [0.717, 1.165) is 0 Å². The molecule has 2 rings (SSSR count). The van der Waals surface area contributed by atoms with Crippen LogP contribution in [0.25, 0.3) is 0 Å². The molecule has 0 saturated carbocycles. The Morgan fingerprint density at radius 3 is 1.14 bits per heavy atom. The fraction of sp³-hybridized carbons (Fsp3) is 0.176. The lowest BCUT2D eigenvalue weighted by atomic mass is 10.1. The van der Waals surface area contributed by atoms with Gasteiger partial charge >= 0.3 is 12.4 Å². The molecule has 0 amide bonds. The molecular formula is C17H8Cl4F6N2. The van der Waals surface area contributed by atoms with Gasteiger partial charge in [0.15, 0.2) is 0 Å². The van der Waals surface area contributed by atoms with E-state index in [9.17, 15) is 26.3 Å². The van der Waals surface area contributed by atoms with Gasteiger partial charge in [0.25, 0.3) is 0 Å². The van der Waals surface area contributed by atoms with Crippen molar-refractivity contribution in [3.05, 3.63) is 56.5 Å². The van der Waals surface area contributed by atoms with Gasteiger partial charge in [0.1, 0.15) is 22.8 Å². The molecule has 2 aromatic rings. The third-order valence-electron chi connectivity index (χ3n) is 3.36. The minimum absolute atomic E-state index is 0.265. The summed E-state index contributed by atoms with van der Waals surface area (Å²) < 4.78 is 80.5. The van der Waals surface area contributed by atoms with Crippen LogP contribution in [0.2, 0.25) is 20.1 Å². The standard InChI is InChI=1S/C17H8Cl4F6N2/c18-8-3-1-4-9(19)14(8)28-12(16(22,23)24)7-13(17(25,26)27)29-15-10(20)5-2-6-11(15)21/h1-6H,7H2. The molecule has 0 aliphatic rings. The normalized spacial score (nSPS) is 13.7. The van der Waals surface area contributed by atoms with Crippen LogP contribution in [-0.4, -0.2) is 23.8 Å². The van der Waals surface area contributed by atoms with Crippen molar-refractivity contribution in [1.29, 1.82) is 0 Å². The SMILES string of the molecule is FC(F)(F)C(CC(=Nc1c(Cl)cccc1Cl)C(F)(F)F)=Nc1c(Cl)cccc1Cl. The van der Waals surface area contributed by atoms with E-state index in [1.807, 2.05) is 0 Å². The van der Waals surface area contributed by atoms with Gasteiger partial charge in [0.05, 0.1) is 20.1 Å². The van der Waals surface area contributed by atoms with E-state index in [1.54, 1.807) is 0 Å². The lowest BCUT2D eigenvalue weighted by molar-refractivity contribution is -0.0648. The Balaban J connectivity index is 2.62. The van der Waals surface area contributed by atoms with Gasteiger partial charge in [0, 0.05) is 6.42 Å². The molecular weight excluding hydrogens is 488 g/mol. The van der Waals surface area contributed by atoms with E-state index < -0.39 is 41.6 Å². The van der Waals surface area contributed by atoms with Crippen LogP contribution in [0.15, 0.2) is 46.4 Å². The van der Waals surface area contributed by atoms with E-state index in [4.69, 9.17) is 46.4 Å². The van der Waals surface area contributed by atoms with Gasteiger partial charge in [-0.25, -0.2) is 9.98 Å². The number of nitrogens with zero attached hydrogens (tertiary/aromatic N) is 2. The van der Waals surface area contributed by atoms with Crippen molar-refractivity contribution in [2.45, 2.75) is 18.8 Å². The summed E-state index contributed by atoms with van der Waals surface area (Å²) in [5.74, 6) is 0. The number of halogens is 10. The Morgan fingerprint density at radius 1 is 0.621 bits per heavy atom. The zero-order valence-electron chi connectivity index (χ0n) is 13.8. The highest BCUT2D eigenvalue weighted by Crippen LogP contribution is 2.38. The lowest BCUT2D eigenvalue weighted by Crippen LogP contribution is -2.32. The predicted octanol–water partition coefficient (Wildman–Crippen LogP) is 8.66. The van der Waals surface area contributed by atoms with Gasteiger partial charge in [-0.1, -0.05) is 58.5 Å². The van der Waals surface area contributed by atoms with E-state index in [1.165, 1.54) is 36.4 Å². The van der Waals surface area contributed by atoms with E-state index in [-0.39, 0.29) is 20.1 Å². The van der Waals surface area contributed by atoms with Crippen LogP contribution < -0.4 is 0 Å². The monoisotopic (exact) mass is 494 g/mol. The zero-order chi connectivity index (χ0) is 22.0. The summed E-state index contributed by atoms with van der Waals surface area (Å²) in [7, 11) is 0. The first-order valence-electron chi connectivity index (χ1n) is 7.48. The fourth-order valence-corrected chi connectivity index (χ4v) is 2.99. The largest absolute Gasteiger partial charge is 0.429 e. The van der Waals surface area contributed by atoms with Crippen molar-refractivity contribution in [2.75, 3.05) is 0 Å². The molecule has 0 unspecified atom stereocenters. The Hall–Kier alpha value is -1.48. The van der Waals surface area contributed by atoms with Crippen LogP contribution >= 0.6 is 46.4 Å². The summed E-state index contributed by atoms with van der Waals surface area (Å²) >= 11 is 23.1. The van der Waals surface area contributed by atoms with Gasteiger partial charge in [-0.05, 0) is 24.3 Å². The van der Waals surface area contributed by atoms with Crippen LogP contribution in [0.4, 0.5) is 37.7 Å². The van der Waals surface area contributed by atoms with Crippen molar-refractivity contribution in [3.63, 3.8) is 0 Å². The Kier molecular flexibility index (Phi) is 7.48. The molecule has 0 atom stereocenters. The van der Waals surface area contributed by atoms with Crippen molar-refractivity contribution in [2.24, 2.45) is 9.98 Å². The second-order valence-electron chi connectivity index (χ2n) is 5.43. The highest BCUT2D eigenvalue weighted by Gasteiger charge is 2.43. The van der Waals surface area contributed by atoms with Gasteiger partial charge in [0.2, 0.25) is 0 Å². The maximum absolute atomic E-state index is 13.4. The average Bonchev–Trinajstić information content (AvgIpc) is 2.56. The average molecular weight is 496 g/mol. The number of alkyl halides is 6. The maximum Gasteiger partial charge on any atom is 0.429 e. The van der Waals surface area contributed by atoms with Crippen LogP contribution in [0.3, 0.4) is 0 Å². The molecule has 156 valence electrons. The molecule has 0 N–H and O–H groups in total. The highest BCUT2D eigenvalue weighted by atomic mass is 35.5. The van der Waals surface area contributed by atoms with E-state index >= 15 is 0 Å². The van der Waals surface area contributed by atoms with E-state index in [0.29, 0.717) is 0 Å². The first-order chi connectivity index (χ1) is 13.3. The molecule has 0 aromatic heterocycles. The smallest absolute Gasteiger partial charge is 0.245 e. The lowest BCUT2D eigenvalue weighted by Gasteiger charge is -2.16. The second kappa shape index (κ2) is 9.12. The van der Waals surface area contributed by atoms with Crippen molar-refractivity contribution in [1.82, 2.24) is 0 Å². The molecule has 0 bridgehead atoms. The third kappa shape index (κ3) is 6.25. The molecule has 0 radical (unpaired) electrons. The third-order valence-corrected chi connectivity index (χ3v) is 4.58. The van der Waals surface area contributed by atoms with Gasteiger partial charge in [-0.15, -0.1) is 0 Å². The van der Waals surface area contributed by atoms with Crippen LogP contribution in [0, 0.1) is 0 Å². The molecule has 0 aliphatic carbocycles. The molecule has 0 aliphatic heterocycles. The number of aliphatic imine (C=N–C) groups is 2. The summed E-state index contributed by atoms with van der Waals surface area (Å²) in [6.07, 6.45) is -12.2. The Bertz CT molecular complexity index is 849. The summed E-state index contributed by atoms with van der Waals surface area (Å²) in [5, 5.41) is -1.06. The quantitative estimate of drug-likeness (QED) is 0.299. The van der Waals surface area contributed by atoms with Crippen molar-refractivity contribution < 1.29 is 26.3 Å². The van der Waals surface area contributed by atoms with E-state index in [2.05, 4.69) is 9.98 Å². The molecule has 2 nitrogen and oxygen atoms in total. The van der Waals surface area contributed by atoms with Gasteiger partial charge in [-0.2, -0.15) is 26.3 Å². The van der Waals surface area contributed by atoms with Crippen LogP contribution in [0.5, 0.6) is 0 Å². The fourth-order valence-electron chi connectivity index (χ4n) is 2.03. The first kappa shape index (κ1) is 23.8. The number of para-hydroxylation sites is 2. The van der Waals surface area contributed by atoms with Gasteiger partial charge < -0.3 is 0 Å². The molecule has 12 heteroatoms. The number of rotatable bonds is 4. The number of hydrogen-bond acceptors (Lipinski definition) is 2. The molecule has 0 fully saturated rings. The Labute approximate surface area is 180 Å². The second-order valence-corrected chi connectivity index (χ2v) is 7.06. The molecule has 0 heterocycles. The summed E-state index contributed by atoms with van der Waals surface area (Å²) in [4.78, 5) is 6.50. The minimum Gasteiger partial charge on any atom is -0.245 e. The summed E-state index contributed by atoms with van der Waals surface area (Å²) in [6, 6.07) is 7.48. The maximum atomic E-state index is 13.4. The summed E-state index contributed by atoms with van der Waals surface area (Å²) in [5.41, 5.74) is -4.63. The topological polar surface area (TPSA) is 24.7 Å². The molecule has 0 saturated heterocycles. The van der Waals surface area contributed by atoms with Gasteiger partial charge in [-0.3, -0.25) is 0 Å². The van der Waals surface area contributed by atoms with Crippen molar-refractivity contribution in [3.8, 4) is 0 Å².